The lowest BCUT2D eigenvalue weighted by Crippen LogP contribution is -2.54. The number of amides is 1. The Hall–Kier alpha value is -2.28. The number of rotatable bonds is 2. The first-order chi connectivity index (χ1) is 10.8. The molecule has 0 N–H and O–H groups in total. The highest BCUT2D eigenvalue weighted by Crippen LogP contribution is 2.42. The first kappa shape index (κ1) is 15.6. The smallest absolute Gasteiger partial charge is 0.427 e. The molecule has 3 rings (SSSR count). The van der Waals surface area contributed by atoms with Crippen LogP contribution in [0.5, 0.6) is 0 Å². The molecule has 2 aliphatic heterocycles. The van der Waals surface area contributed by atoms with Crippen LogP contribution < -0.4 is 0 Å². The Morgan fingerprint density at radius 1 is 1.22 bits per heavy atom. The van der Waals surface area contributed by atoms with Crippen LogP contribution in [0.25, 0.3) is 0 Å². The average molecular weight is 335 g/mol. The van der Waals surface area contributed by atoms with Gasteiger partial charge in [-0.3, -0.25) is 0 Å². The van der Waals surface area contributed by atoms with Crippen molar-refractivity contribution >= 4 is 16.1 Å². The van der Waals surface area contributed by atoms with Crippen molar-refractivity contribution in [3.63, 3.8) is 0 Å². The number of nitrogens with zero attached hydrogens (tertiary/aromatic N) is 1. The highest BCUT2D eigenvalue weighted by Gasteiger charge is 2.58. The van der Waals surface area contributed by atoms with E-state index in [2.05, 4.69) is 6.58 Å². The third kappa shape index (κ3) is 2.31. The Labute approximate surface area is 135 Å². The van der Waals surface area contributed by atoms with Crippen LogP contribution in [0.2, 0.25) is 0 Å². The van der Waals surface area contributed by atoms with Gasteiger partial charge < -0.3 is 9.47 Å². The standard InChI is InChI=1S/C16H17NO5S/c1-11-4-8-14(9-5-11)23(19,20)17-15(18)21-10-16(17)12(2)6-7-13(3)22-16/h4-5,7-9H,2,6,10H2,1,3H3. The van der Waals surface area contributed by atoms with E-state index in [0.29, 0.717) is 22.1 Å². The number of hydrogen-bond donors (Lipinski definition) is 0. The Morgan fingerprint density at radius 2 is 1.87 bits per heavy atom. The fourth-order valence-corrected chi connectivity index (χ4v) is 4.20. The van der Waals surface area contributed by atoms with Crippen LogP contribution in [0.3, 0.4) is 0 Å². The summed E-state index contributed by atoms with van der Waals surface area (Å²) in [6, 6.07) is 6.25. The van der Waals surface area contributed by atoms with E-state index >= 15 is 0 Å². The lowest BCUT2D eigenvalue weighted by atomic mass is 9.99. The maximum atomic E-state index is 13.0. The van der Waals surface area contributed by atoms with Crippen LogP contribution in [0.1, 0.15) is 18.9 Å². The Bertz CT molecular complexity index is 809. The Kier molecular flexibility index (Phi) is 3.48. The SMILES string of the molecule is C=C1CC=C(C)OC12COC(=O)N2S(=O)(=O)c1ccc(C)cc1. The van der Waals surface area contributed by atoms with E-state index in [0.717, 1.165) is 5.56 Å². The lowest BCUT2D eigenvalue weighted by molar-refractivity contribution is -0.0318. The van der Waals surface area contributed by atoms with Gasteiger partial charge in [0.1, 0.15) is 0 Å². The van der Waals surface area contributed by atoms with Crippen molar-refractivity contribution in [2.75, 3.05) is 6.61 Å². The minimum atomic E-state index is -4.12. The van der Waals surface area contributed by atoms with E-state index in [9.17, 15) is 13.2 Å². The fraction of sp³-hybridized carbons (Fsp3) is 0.312. The summed E-state index contributed by atoms with van der Waals surface area (Å²) in [7, 11) is -4.12. The van der Waals surface area contributed by atoms with Gasteiger partial charge >= 0.3 is 6.09 Å². The van der Waals surface area contributed by atoms with Gasteiger partial charge in [-0.2, -0.15) is 4.31 Å². The fourth-order valence-electron chi connectivity index (χ4n) is 2.66. The van der Waals surface area contributed by atoms with Crippen molar-refractivity contribution < 1.29 is 22.7 Å². The summed E-state index contributed by atoms with van der Waals surface area (Å²) in [6.45, 7) is 7.23. The predicted molar refractivity (Wildman–Crippen MR) is 82.9 cm³/mol. The number of benzene rings is 1. The molecule has 0 aliphatic carbocycles. The molecule has 0 saturated carbocycles. The minimum absolute atomic E-state index is 0.00457. The number of ether oxygens (including phenoxy) is 2. The maximum absolute atomic E-state index is 13.0. The number of carbonyl (C=O) groups is 1. The molecule has 2 heterocycles. The monoisotopic (exact) mass is 335 g/mol. The molecule has 1 spiro atoms. The second-order valence-corrected chi connectivity index (χ2v) is 7.43. The lowest BCUT2D eigenvalue weighted by Gasteiger charge is -2.38. The molecule has 122 valence electrons. The zero-order valence-electron chi connectivity index (χ0n) is 12.9. The topological polar surface area (TPSA) is 72.9 Å². The molecule has 23 heavy (non-hydrogen) atoms. The van der Waals surface area contributed by atoms with Crippen LogP contribution in [0.15, 0.2) is 53.1 Å². The molecule has 1 saturated heterocycles. The molecule has 1 amide bonds. The molecule has 1 unspecified atom stereocenters. The molecular formula is C16H17NO5S. The minimum Gasteiger partial charge on any atom is -0.464 e. The van der Waals surface area contributed by atoms with Crippen molar-refractivity contribution in [3.05, 3.63) is 53.8 Å². The molecule has 2 aliphatic rings. The average Bonchev–Trinajstić information content (AvgIpc) is 2.82. The number of aryl methyl sites for hydroxylation is 1. The van der Waals surface area contributed by atoms with E-state index in [1.807, 2.05) is 6.92 Å². The first-order valence-electron chi connectivity index (χ1n) is 7.10. The third-order valence-corrected chi connectivity index (χ3v) is 5.76. The highest BCUT2D eigenvalue weighted by molar-refractivity contribution is 7.89. The van der Waals surface area contributed by atoms with Crippen molar-refractivity contribution in [3.8, 4) is 0 Å². The van der Waals surface area contributed by atoms with Crippen LogP contribution in [0.4, 0.5) is 4.79 Å². The molecule has 1 aromatic carbocycles. The summed E-state index contributed by atoms with van der Waals surface area (Å²) in [6.07, 6.45) is 1.25. The zero-order chi connectivity index (χ0) is 16.8. The molecule has 1 fully saturated rings. The molecule has 1 atom stereocenters. The summed E-state index contributed by atoms with van der Waals surface area (Å²) >= 11 is 0. The largest absolute Gasteiger partial charge is 0.464 e. The Balaban J connectivity index is 2.12. The van der Waals surface area contributed by atoms with Crippen LogP contribution in [-0.2, 0) is 19.5 Å². The Morgan fingerprint density at radius 3 is 2.52 bits per heavy atom. The second-order valence-electron chi connectivity index (χ2n) is 5.65. The molecule has 0 radical (unpaired) electrons. The van der Waals surface area contributed by atoms with Gasteiger partial charge in [0.15, 0.2) is 6.61 Å². The molecular weight excluding hydrogens is 318 g/mol. The molecule has 1 aromatic rings. The van der Waals surface area contributed by atoms with Gasteiger partial charge in [-0.25, -0.2) is 13.2 Å². The van der Waals surface area contributed by atoms with Gasteiger partial charge in [0.05, 0.1) is 10.7 Å². The second kappa shape index (κ2) is 5.13. The van der Waals surface area contributed by atoms with Crippen molar-refractivity contribution in [1.82, 2.24) is 4.31 Å². The molecule has 7 heteroatoms. The molecule has 0 aromatic heterocycles. The van der Waals surface area contributed by atoms with Crippen LogP contribution >= 0.6 is 0 Å². The van der Waals surface area contributed by atoms with Gasteiger partial charge in [0.25, 0.3) is 15.7 Å². The van der Waals surface area contributed by atoms with Crippen molar-refractivity contribution in [2.45, 2.75) is 30.9 Å². The first-order valence-corrected chi connectivity index (χ1v) is 8.54. The number of carbonyl (C=O) groups excluding carboxylic acids is 1. The number of sulfonamides is 1. The summed E-state index contributed by atoms with van der Waals surface area (Å²) in [5.41, 5.74) is -0.135. The number of hydrogen-bond acceptors (Lipinski definition) is 5. The number of cyclic esters (lactones) is 1. The van der Waals surface area contributed by atoms with E-state index < -0.39 is 21.8 Å². The molecule has 6 nitrogen and oxygen atoms in total. The van der Waals surface area contributed by atoms with Gasteiger partial charge in [-0.15, -0.1) is 0 Å². The third-order valence-electron chi connectivity index (χ3n) is 3.96. The van der Waals surface area contributed by atoms with E-state index in [1.165, 1.54) is 12.1 Å². The van der Waals surface area contributed by atoms with Gasteiger partial charge in [0, 0.05) is 0 Å². The maximum Gasteiger partial charge on any atom is 0.427 e. The summed E-state index contributed by atoms with van der Waals surface area (Å²) in [4.78, 5) is 12.2. The zero-order valence-corrected chi connectivity index (χ0v) is 13.7. The van der Waals surface area contributed by atoms with Gasteiger partial charge in [0.2, 0.25) is 0 Å². The quantitative estimate of drug-likeness (QED) is 0.777. The molecule has 0 bridgehead atoms. The van der Waals surface area contributed by atoms with Crippen molar-refractivity contribution in [1.29, 1.82) is 0 Å². The normalized spacial score (nSPS) is 24.4. The van der Waals surface area contributed by atoms with Crippen LogP contribution in [-0.4, -0.2) is 31.1 Å². The van der Waals surface area contributed by atoms with Gasteiger partial charge in [-0.05, 0) is 44.1 Å². The highest BCUT2D eigenvalue weighted by atomic mass is 32.2. The van der Waals surface area contributed by atoms with Gasteiger partial charge in [-0.1, -0.05) is 24.3 Å². The van der Waals surface area contributed by atoms with Crippen LogP contribution in [0, 0.1) is 6.92 Å². The van der Waals surface area contributed by atoms with E-state index in [-0.39, 0.29) is 11.5 Å². The summed E-state index contributed by atoms with van der Waals surface area (Å²) < 4.78 is 37.3. The van der Waals surface area contributed by atoms with E-state index in [1.54, 1.807) is 25.1 Å². The summed E-state index contributed by atoms with van der Waals surface area (Å²) in [5, 5.41) is 0. The predicted octanol–water partition coefficient (Wildman–Crippen LogP) is 2.71. The summed E-state index contributed by atoms with van der Waals surface area (Å²) in [5.74, 6) is 0.528. The van der Waals surface area contributed by atoms with E-state index in [4.69, 9.17) is 9.47 Å². The van der Waals surface area contributed by atoms with Crippen molar-refractivity contribution in [2.24, 2.45) is 0 Å². The number of allylic oxidation sites excluding steroid dienone is 2.